The maximum absolute atomic E-state index is 13.0. The van der Waals surface area contributed by atoms with Gasteiger partial charge in [0.05, 0.1) is 13.2 Å². The molecular weight excluding hydrogens is 336 g/mol. The number of benzene rings is 1. The van der Waals surface area contributed by atoms with Crippen LogP contribution in [0.5, 0.6) is 5.75 Å². The van der Waals surface area contributed by atoms with Crippen molar-refractivity contribution in [3.63, 3.8) is 0 Å². The number of fused-ring (bicyclic) bond motifs is 5. The van der Waals surface area contributed by atoms with Gasteiger partial charge in [0.2, 0.25) is 0 Å². The monoisotopic (exact) mass is 370 g/mol. The van der Waals surface area contributed by atoms with Crippen molar-refractivity contribution in [1.82, 2.24) is 0 Å². The van der Waals surface area contributed by atoms with Crippen molar-refractivity contribution in [3.8, 4) is 5.75 Å². The zero-order chi connectivity index (χ0) is 19.2. The van der Waals surface area contributed by atoms with Crippen LogP contribution in [0.1, 0.15) is 75.8 Å². The molecule has 0 saturated heterocycles. The summed E-state index contributed by atoms with van der Waals surface area (Å²) in [5.74, 6) is 3.73. The first-order chi connectivity index (χ1) is 12.9. The number of ether oxygens (including phenoxy) is 1. The summed E-state index contributed by atoms with van der Waals surface area (Å²) < 4.78 is 5.43. The van der Waals surface area contributed by atoms with Gasteiger partial charge in [-0.2, -0.15) is 0 Å². The van der Waals surface area contributed by atoms with Crippen molar-refractivity contribution in [2.45, 2.75) is 77.2 Å². The third-order valence-corrected chi connectivity index (χ3v) is 7.97. The molecule has 0 aromatic heterocycles. The lowest BCUT2D eigenvalue weighted by molar-refractivity contribution is -0.129. The minimum Gasteiger partial charge on any atom is -0.497 e. The van der Waals surface area contributed by atoms with Gasteiger partial charge in [0.25, 0.3) is 0 Å². The van der Waals surface area contributed by atoms with Gasteiger partial charge in [-0.25, -0.2) is 0 Å². The van der Waals surface area contributed by atoms with Crippen LogP contribution in [0.2, 0.25) is 0 Å². The molecule has 3 aliphatic rings. The highest BCUT2D eigenvalue weighted by atomic mass is 16.5. The maximum atomic E-state index is 13.0. The van der Waals surface area contributed by atoms with E-state index >= 15 is 0 Å². The lowest BCUT2D eigenvalue weighted by atomic mass is 9.54. The van der Waals surface area contributed by atoms with Gasteiger partial charge < -0.3 is 9.84 Å². The molecule has 1 N–H and O–H groups in total. The zero-order valence-electron chi connectivity index (χ0n) is 17.0. The molecule has 0 amide bonds. The Bertz CT molecular complexity index is 710. The highest BCUT2D eigenvalue weighted by molar-refractivity contribution is 5.87. The smallest absolute Gasteiger partial charge is 0.139 e. The zero-order valence-corrected chi connectivity index (χ0v) is 17.0. The molecule has 1 aromatic carbocycles. The van der Waals surface area contributed by atoms with Crippen molar-refractivity contribution in [2.75, 3.05) is 7.11 Å². The van der Waals surface area contributed by atoms with Gasteiger partial charge in [0.15, 0.2) is 0 Å². The quantitative estimate of drug-likeness (QED) is 0.802. The molecule has 3 heteroatoms. The first-order valence-electron chi connectivity index (χ1n) is 10.8. The minimum absolute atomic E-state index is 0.110. The fraction of sp³-hybridized carbons (Fsp3) is 0.708. The standard InChI is InChI=1S/C24H34O3/c1-15(25)5-4-6-17-14-22(26)24(2)12-11-20-19-10-8-18(27-3)13-16(19)7-9-21(20)23(17)24/h8,10,13,15,17,20-21,23,25H,4-7,9,11-12,14H2,1-3H3/t15?,17-,20-,21-,23+,24-/m1/s1. The second kappa shape index (κ2) is 7.24. The molecule has 27 heavy (non-hydrogen) atoms. The largest absolute Gasteiger partial charge is 0.497 e. The van der Waals surface area contributed by atoms with Crippen molar-refractivity contribution in [2.24, 2.45) is 23.2 Å². The summed E-state index contributed by atoms with van der Waals surface area (Å²) in [6.07, 6.45) is 8.00. The second-order valence-electron chi connectivity index (χ2n) is 9.52. The Kier molecular flexibility index (Phi) is 5.09. The summed E-state index contributed by atoms with van der Waals surface area (Å²) >= 11 is 0. The number of carbonyl (C=O) groups excluding carboxylic acids is 1. The highest BCUT2D eigenvalue weighted by Gasteiger charge is 2.58. The van der Waals surface area contributed by atoms with Crippen LogP contribution >= 0.6 is 0 Å². The van der Waals surface area contributed by atoms with Crippen LogP contribution in [0, 0.1) is 23.2 Å². The summed E-state index contributed by atoms with van der Waals surface area (Å²) in [5.41, 5.74) is 2.85. The number of aliphatic hydroxyl groups is 1. The van der Waals surface area contributed by atoms with Gasteiger partial charge in [-0.3, -0.25) is 4.79 Å². The highest BCUT2D eigenvalue weighted by Crippen LogP contribution is 2.62. The molecule has 0 aliphatic heterocycles. The molecule has 0 heterocycles. The van der Waals surface area contributed by atoms with E-state index in [0.29, 0.717) is 29.5 Å². The predicted octanol–water partition coefficient (Wildman–Crippen LogP) is 4.90. The Balaban J connectivity index is 1.60. The summed E-state index contributed by atoms with van der Waals surface area (Å²) in [5, 5.41) is 9.62. The minimum atomic E-state index is -0.232. The van der Waals surface area contributed by atoms with Crippen LogP contribution in [-0.2, 0) is 11.2 Å². The van der Waals surface area contributed by atoms with E-state index in [0.717, 1.165) is 50.7 Å². The molecule has 0 spiro atoms. The number of carbonyl (C=O) groups is 1. The molecule has 1 unspecified atom stereocenters. The Labute approximate surface area is 163 Å². The third kappa shape index (κ3) is 3.22. The van der Waals surface area contributed by atoms with Crippen LogP contribution in [-0.4, -0.2) is 24.1 Å². The van der Waals surface area contributed by atoms with E-state index in [-0.39, 0.29) is 11.5 Å². The van der Waals surface area contributed by atoms with E-state index in [1.165, 1.54) is 17.5 Å². The average molecular weight is 371 g/mol. The topological polar surface area (TPSA) is 46.5 Å². The average Bonchev–Trinajstić information content (AvgIpc) is 2.91. The number of hydrogen-bond acceptors (Lipinski definition) is 3. The van der Waals surface area contributed by atoms with Gasteiger partial charge in [0.1, 0.15) is 11.5 Å². The molecule has 2 fully saturated rings. The molecular formula is C24H34O3. The summed E-state index contributed by atoms with van der Waals surface area (Å²) in [4.78, 5) is 13.0. The number of hydrogen-bond donors (Lipinski definition) is 1. The van der Waals surface area contributed by atoms with Crippen LogP contribution in [0.25, 0.3) is 0 Å². The lowest BCUT2D eigenvalue weighted by Crippen LogP contribution is -2.44. The molecule has 0 bridgehead atoms. The van der Waals surface area contributed by atoms with Crippen LogP contribution < -0.4 is 4.74 Å². The number of aryl methyl sites for hydroxylation is 1. The Morgan fingerprint density at radius 3 is 2.89 bits per heavy atom. The van der Waals surface area contributed by atoms with Crippen LogP contribution in [0.15, 0.2) is 18.2 Å². The molecule has 6 atom stereocenters. The van der Waals surface area contributed by atoms with Crippen molar-refractivity contribution >= 4 is 5.78 Å². The molecule has 148 valence electrons. The number of Topliss-reactive ketones (excluding diaryl/α,β-unsaturated/α-hetero) is 1. The van der Waals surface area contributed by atoms with E-state index in [1.807, 2.05) is 6.92 Å². The Morgan fingerprint density at radius 2 is 2.15 bits per heavy atom. The van der Waals surface area contributed by atoms with E-state index in [9.17, 15) is 9.90 Å². The SMILES string of the molecule is COc1ccc2c(c1)CC[C@H]1[C@@H]3[C@H](CCCC(C)O)CC(=O)[C@@]3(C)CC[C@H]21. The van der Waals surface area contributed by atoms with Crippen LogP contribution in [0.4, 0.5) is 0 Å². The lowest BCUT2D eigenvalue weighted by Gasteiger charge is -2.50. The number of methoxy groups -OCH3 is 1. The maximum Gasteiger partial charge on any atom is 0.139 e. The third-order valence-electron chi connectivity index (χ3n) is 7.97. The van der Waals surface area contributed by atoms with Gasteiger partial charge in [-0.1, -0.05) is 19.4 Å². The van der Waals surface area contributed by atoms with Gasteiger partial charge in [-0.05, 0) is 92.4 Å². The Hall–Kier alpha value is -1.35. The van der Waals surface area contributed by atoms with Crippen molar-refractivity contribution < 1.29 is 14.6 Å². The molecule has 0 radical (unpaired) electrons. The fourth-order valence-electron chi connectivity index (χ4n) is 6.69. The van der Waals surface area contributed by atoms with Gasteiger partial charge in [0, 0.05) is 11.8 Å². The molecule has 2 saturated carbocycles. The number of aliphatic hydroxyl groups excluding tert-OH is 1. The van der Waals surface area contributed by atoms with Crippen LogP contribution in [0.3, 0.4) is 0 Å². The second-order valence-corrected chi connectivity index (χ2v) is 9.52. The van der Waals surface area contributed by atoms with E-state index in [1.54, 1.807) is 7.11 Å². The molecule has 1 aromatic rings. The normalized spacial score (nSPS) is 35.9. The van der Waals surface area contributed by atoms with Gasteiger partial charge in [-0.15, -0.1) is 0 Å². The van der Waals surface area contributed by atoms with Crippen molar-refractivity contribution in [3.05, 3.63) is 29.3 Å². The summed E-state index contributed by atoms with van der Waals surface area (Å²) in [7, 11) is 1.74. The summed E-state index contributed by atoms with van der Waals surface area (Å²) in [6, 6.07) is 6.61. The fourth-order valence-corrected chi connectivity index (χ4v) is 6.69. The predicted molar refractivity (Wildman–Crippen MR) is 107 cm³/mol. The first kappa shape index (κ1) is 19.0. The number of ketones is 1. The molecule has 4 rings (SSSR count). The first-order valence-corrected chi connectivity index (χ1v) is 10.8. The van der Waals surface area contributed by atoms with E-state index in [2.05, 4.69) is 25.1 Å². The van der Waals surface area contributed by atoms with E-state index in [4.69, 9.17) is 4.74 Å². The molecule has 3 aliphatic carbocycles. The number of rotatable bonds is 5. The van der Waals surface area contributed by atoms with Gasteiger partial charge >= 0.3 is 0 Å². The Morgan fingerprint density at radius 1 is 1.33 bits per heavy atom. The summed E-state index contributed by atoms with van der Waals surface area (Å²) in [6.45, 7) is 4.13. The molecule has 3 nitrogen and oxygen atoms in total. The van der Waals surface area contributed by atoms with E-state index < -0.39 is 0 Å². The van der Waals surface area contributed by atoms with Crippen molar-refractivity contribution in [1.29, 1.82) is 0 Å².